The van der Waals surface area contributed by atoms with Crippen LogP contribution < -0.4 is 5.84 Å². The molecule has 2 heterocycles. The average Bonchev–Trinajstić information content (AvgIpc) is 2.90. The van der Waals surface area contributed by atoms with E-state index >= 15 is 0 Å². The van der Waals surface area contributed by atoms with Gasteiger partial charge in [-0.25, -0.2) is 4.98 Å². The smallest absolute Gasteiger partial charge is 0.204 e. The van der Waals surface area contributed by atoms with E-state index in [1.807, 2.05) is 35.9 Å². The Morgan fingerprint density at radius 3 is 2.62 bits per heavy atom. The molecule has 0 fully saturated rings. The van der Waals surface area contributed by atoms with Gasteiger partial charge in [0.15, 0.2) is 5.65 Å². The Morgan fingerprint density at radius 2 is 1.83 bits per heavy atom. The van der Waals surface area contributed by atoms with Crippen LogP contribution in [-0.4, -0.2) is 30.6 Å². The van der Waals surface area contributed by atoms with Gasteiger partial charge in [0.1, 0.15) is 17.0 Å². The molecule has 4 rings (SSSR count). The first-order valence-electron chi connectivity index (χ1n) is 7.35. The zero-order chi connectivity index (χ0) is 16.7. The molecule has 3 N–H and O–H groups in total. The Bertz CT molecular complexity index is 1100. The van der Waals surface area contributed by atoms with Gasteiger partial charge in [0, 0.05) is 18.0 Å². The predicted octanol–water partition coefficient (Wildman–Crippen LogP) is 1.93. The number of aryl methyl sites for hydroxylation is 1. The Hall–Kier alpha value is -3.48. The number of nitrogens with two attached hydrogens (primary N) is 1. The lowest BCUT2D eigenvalue weighted by Crippen LogP contribution is -2.13. The van der Waals surface area contributed by atoms with Crippen molar-refractivity contribution < 1.29 is 5.11 Å². The standard InChI is InChI=1S/C17H14N6O/c1-23-12-8-4-2-6-10(12)15-17(23)19-16(22-21-15)14(20-18)11-7-3-5-9-13(11)24/h2-9,24H,18H2,1H3/b20-14+. The van der Waals surface area contributed by atoms with Crippen molar-refractivity contribution in [1.29, 1.82) is 0 Å². The van der Waals surface area contributed by atoms with E-state index in [1.165, 1.54) is 0 Å². The quantitative estimate of drug-likeness (QED) is 0.334. The fraction of sp³-hybridized carbons (Fsp3) is 0.0588. The molecule has 7 heteroatoms. The van der Waals surface area contributed by atoms with Crippen molar-refractivity contribution in [3.63, 3.8) is 0 Å². The Kier molecular flexibility index (Phi) is 3.13. The molecular weight excluding hydrogens is 304 g/mol. The number of hydrogen-bond donors (Lipinski definition) is 2. The average molecular weight is 318 g/mol. The van der Waals surface area contributed by atoms with E-state index in [-0.39, 0.29) is 17.3 Å². The van der Waals surface area contributed by atoms with Gasteiger partial charge in [-0.3, -0.25) is 0 Å². The summed E-state index contributed by atoms with van der Waals surface area (Å²) in [6.07, 6.45) is 0. The van der Waals surface area contributed by atoms with Gasteiger partial charge in [0.25, 0.3) is 0 Å². The number of hydrazone groups is 1. The fourth-order valence-corrected chi connectivity index (χ4v) is 2.83. The number of fused-ring (bicyclic) bond motifs is 3. The summed E-state index contributed by atoms with van der Waals surface area (Å²) in [4.78, 5) is 4.57. The van der Waals surface area contributed by atoms with Gasteiger partial charge < -0.3 is 15.5 Å². The van der Waals surface area contributed by atoms with Gasteiger partial charge in [-0.05, 0) is 18.2 Å². The van der Waals surface area contributed by atoms with Gasteiger partial charge in [-0.2, -0.15) is 5.10 Å². The van der Waals surface area contributed by atoms with Crippen molar-refractivity contribution >= 4 is 27.8 Å². The van der Waals surface area contributed by atoms with Crippen LogP contribution in [0.15, 0.2) is 53.6 Å². The van der Waals surface area contributed by atoms with Crippen molar-refractivity contribution in [3.8, 4) is 5.75 Å². The molecule has 0 spiro atoms. The van der Waals surface area contributed by atoms with E-state index < -0.39 is 0 Å². The van der Waals surface area contributed by atoms with E-state index in [2.05, 4.69) is 20.3 Å². The van der Waals surface area contributed by atoms with Gasteiger partial charge in [-0.15, -0.1) is 10.2 Å². The second-order valence-corrected chi connectivity index (χ2v) is 5.38. The highest BCUT2D eigenvalue weighted by Crippen LogP contribution is 2.25. The number of phenolic OH excluding ortho intramolecular Hbond substituents is 1. The number of aromatic nitrogens is 4. The highest BCUT2D eigenvalue weighted by Gasteiger charge is 2.18. The van der Waals surface area contributed by atoms with Crippen LogP contribution in [0.2, 0.25) is 0 Å². The van der Waals surface area contributed by atoms with Crippen molar-refractivity contribution in [3.05, 3.63) is 59.9 Å². The van der Waals surface area contributed by atoms with E-state index in [0.717, 1.165) is 10.9 Å². The van der Waals surface area contributed by atoms with Crippen LogP contribution in [0.5, 0.6) is 5.75 Å². The minimum Gasteiger partial charge on any atom is -0.507 e. The lowest BCUT2D eigenvalue weighted by Gasteiger charge is -2.06. The molecule has 0 saturated carbocycles. The van der Waals surface area contributed by atoms with Crippen LogP contribution >= 0.6 is 0 Å². The fourth-order valence-electron chi connectivity index (χ4n) is 2.83. The number of phenols is 1. The highest BCUT2D eigenvalue weighted by atomic mass is 16.3. The Labute approximate surface area is 137 Å². The third-order valence-electron chi connectivity index (χ3n) is 4.01. The molecule has 118 valence electrons. The highest BCUT2D eigenvalue weighted by molar-refractivity contribution is 6.13. The maximum absolute atomic E-state index is 10.0. The molecule has 0 bridgehead atoms. The molecule has 7 nitrogen and oxygen atoms in total. The van der Waals surface area contributed by atoms with Crippen molar-refractivity contribution in [2.75, 3.05) is 0 Å². The van der Waals surface area contributed by atoms with Gasteiger partial charge in [-0.1, -0.05) is 30.3 Å². The first-order chi connectivity index (χ1) is 11.7. The van der Waals surface area contributed by atoms with Crippen molar-refractivity contribution in [2.24, 2.45) is 18.0 Å². The van der Waals surface area contributed by atoms with Crippen LogP contribution in [0, 0.1) is 0 Å². The van der Waals surface area contributed by atoms with E-state index in [9.17, 15) is 5.11 Å². The monoisotopic (exact) mass is 318 g/mol. The zero-order valence-electron chi connectivity index (χ0n) is 12.9. The van der Waals surface area contributed by atoms with Crippen LogP contribution in [0.1, 0.15) is 11.4 Å². The lowest BCUT2D eigenvalue weighted by molar-refractivity contribution is 0.474. The molecule has 0 aliphatic carbocycles. The minimum absolute atomic E-state index is 0.0578. The topological polar surface area (TPSA) is 102 Å². The molecule has 0 unspecified atom stereocenters. The third-order valence-corrected chi connectivity index (χ3v) is 4.01. The number of para-hydroxylation sites is 2. The summed E-state index contributed by atoms with van der Waals surface area (Å²) in [5.41, 5.74) is 3.15. The maximum Gasteiger partial charge on any atom is 0.204 e. The first kappa shape index (κ1) is 14.1. The van der Waals surface area contributed by atoms with Crippen molar-refractivity contribution in [1.82, 2.24) is 19.7 Å². The normalized spacial score (nSPS) is 12.1. The SMILES string of the molecule is Cn1c2ccccc2c2nnc(/C(=N/N)c3ccccc3O)nc21. The maximum atomic E-state index is 10.0. The van der Waals surface area contributed by atoms with Crippen LogP contribution in [0.3, 0.4) is 0 Å². The summed E-state index contributed by atoms with van der Waals surface area (Å²) in [5, 5.41) is 23.2. The summed E-state index contributed by atoms with van der Waals surface area (Å²) in [6, 6.07) is 14.7. The number of benzene rings is 2. The molecular formula is C17H14N6O. The van der Waals surface area contributed by atoms with Crippen LogP contribution in [0.25, 0.3) is 22.1 Å². The summed E-state index contributed by atoms with van der Waals surface area (Å²) in [6.45, 7) is 0. The lowest BCUT2D eigenvalue weighted by atomic mass is 10.1. The molecule has 0 aliphatic rings. The first-order valence-corrected chi connectivity index (χ1v) is 7.35. The number of aromatic hydroxyl groups is 1. The number of rotatable bonds is 2. The largest absolute Gasteiger partial charge is 0.507 e. The molecule has 2 aromatic carbocycles. The minimum atomic E-state index is 0.0578. The summed E-state index contributed by atoms with van der Waals surface area (Å²) in [5.74, 6) is 5.84. The molecule has 0 radical (unpaired) electrons. The Morgan fingerprint density at radius 1 is 1.08 bits per heavy atom. The van der Waals surface area contributed by atoms with Gasteiger partial charge >= 0.3 is 0 Å². The number of hydrogen-bond acceptors (Lipinski definition) is 6. The molecule has 0 atom stereocenters. The summed E-state index contributed by atoms with van der Waals surface area (Å²) in [7, 11) is 1.92. The third kappa shape index (κ3) is 1.98. The second kappa shape index (κ2) is 5.31. The van der Waals surface area contributed by atoms with Crippen LogP contribution in [0.4, 0.5) is 0 Å². The molecule has 0 amide bonds. The molecule has 0 saturated heterocycles. The molecule has 4 aromatic rings. The predicted molar refractivity (Wildman–Crippen MR) is 91.7 cm³/mol. The zero-order valence-corrected chi connectivity index (χ0v) is 12.9. The number of nitrogens with zero attached hydrogens (tertiary/aromatic N) is 5. The molecule has 2 aromatic heterocycles. The Balaban J connectivity index is 1.96. The van der Waals surface area contributed by atoms with Crippen molar-refractivity contribution in [2.45, 2.75) is 0 Å². The van der Waals surface area contributed by atoms with E-state index in [0.29, 0.717) is 16.7 Å². The van der Waals surface area contributed by atoms with E-state index in [4.69, 9.17) is 5.84 Å². The van der Waals surface area contributed by atoms with Gasteiger partial charge in [0.2, 0.25) is 5.82 Å². The second-order valence-electron chi connectivity index (χ2n) is 5.38. The molecule has 0 aliphatic heterocycles. The van der Waals surface area contributed by atoms with E-state index in [1.54, 1.807) is 24.3 Å². The summed E-state index contributed by atoms with van der Waals surface area (Å²) >= 11 is 0. The summed E-state index contributed by atoms with van der Waals surface area (Å²) < 4.78 is 1.95. The van der Waals surface area contributed by atoms with Crippen LogP contribution in [-0.2, 0) is 7.05 Å². The van der Waals surface area contributed by atoms with Gasteiger partial charge in [0.05, 0.1) is 5.52 Å². The molecule has 24 heavy (non-hydrogen) atoms.